The van der Waals surface area contributed by atoms with Gasteiger partial charge in [0.2, 0.25) is 0 Å². The number of hydrogen-bond donors (Lipinski definition) is 3. The largest absolute Gasteiger partial charge is 0.395 e. The first-order valence-electron chi connectivity index (χ1n) is 7.48. The molecule has 1 heterocycles. The summed E-state index contributed by atoms with van der Waals surface area (Å²) in [7, 11) is 1.91. The number of nitrogens with zero attached hydrogens (tertiary/aromatic N) is 1. The number of rotatable bonds is 5. The molecule has 1 aromatic heterocycles. The molecule has 5 heteroatoms. The molecule has 5 nitrogen and oxygen atoms in total. The van der Waals surface area contributed by atoms with Gasteiger partial charge in [-0.3, -0.25) is 4.79 Å². The smallest absolute Gasteiger partial charge is 0.255 e. The van der Waals surface area contributed by atoms with Crippen LogP contribution in [0.15, 0.2) is 54.7 Å². The highest BCUT2D eigenvalue weighted by Gasteiger charge is 2.08. The first-order chi connectivity index (χ1) is 11.2. The summed E-state index contributed by atoms with van der Waals surface area (Å²) in [6, 6.07) is 15.1. The van der Waals surface area contributed by atoms with E-state index in [4.69, 9.17) is 5.11 Å². The number of aliphatic hydroxyl groups excluding tert-OH is 1. The second kappa shape index (κ2) is 6.54. The average Bonchev–Trinajstić information content (AvgIpc) is 3.03. The topological polar surface area (TPSA) is 68.4 Å². The Morgan fingerprint density at radius 1 is 1.17 bits per heavy atom. The number of hydrogen-bond acceptors (Lipinski definition) is 3. The SMILES string of the molecule is CN(CCO)c1ccc(NC(=O)c2ccc3[nH]ccc3c2)cc1. The standard InChI is InChI=1S/C18H19N3O2/c1-21(10-11-22)16-5-3-15(4-6-16)20-18(23)14-2-7-17-13(12-14)8-9-19-17/h2-9,12,19,22H,10-11H2,1H3,(H,20,23). The lowest BCUT2D eigenvalue weighted by atomic mass is 10.1. The van der Waals surface area contributed by atoms with E-state index in [2.05, 4.69) is 10.3 Å². The number of H-pyrrole nitrogens is 1. The Bertz CT molecular complexity index is 809. The maximum Gasteiger partial charge on any atom is 0.255 e. The molecule has 0 bridgehead atoms. The summed E-state index contributed by atoms with van der Waals surface area (Å²) in [5.41, 5.74) is 3.37. The second-order valence-corrected chi connectivity index (χ2v) is 5.43. The fraction of sp³-hybridized carbons (Fsp3) is 0.167. The maximum atomic E-state index is 12.3. The normalized spacial score (nSPS) is 10.7. The summed E-state index contributed by atoms with van der Waals surface area (Å²) in [5.74, 6) is -0.135. The highest BCUT2D eigenvalue weighted by atomic mass is 16.3. The van der Waals surface area contributed by atoms with Crippen LogP contribution in [-0.2, 0) is 0 Å². The van der Waals surface area contributed by atoms with Gasteiger partial charge in [-0.05, 0) is 48.5 Å². The van der Waals surface area contributed by atoms with Gasteiger partial charge in [-0.1, -0.05) is 0 Å². The molecule has 0 fully saturated rings. The number of amides is 1. The molecule has 0 aliphatic rings. The number of likely N-dealkylation sites (N-methyl/N-ethyl adjacent to an activating group) is 1. The molecule has 1 amide bonds. The molecule has 3 rings (SSSR count). The van der Waals surface area contributed by atoms with Gasteiger partial charge < -0.3 is 20.3 Å². The van der Waals surface area contributed by atoms with E-state index in [0.717, 1.165) is 22.3 Å². The van der Waals surface area contributed by atoms with E-state index in [9.17, 15) is 4.79 Å². The monoisotopic (exact) mass is 309 g/mol. The summed E-state index contributed by atoms with van der Waals surface area (Å²) in [4.78, 5) is 17.4. The zero-order valence-corrected chi connectivity index (χ0v) is 12.9. The van der Waals surface area contributed by atoms with Crippen LogP contribution in [-0.4, -0.2) is 36.2 Å². The van der Waals surface area contributed by atoms with Crippen LogP contribution in [0.4, 0.5) is 11.4 Å². The zero-order chi connectivity index (χ0) is 16.2. The molecule has 0 atom stereocenters. The van der Waals surface area contributed by atoms with Crippen molar-refractivity contribution in [2.24, 2.45) is 0 Å². The molecule has 2 aromatic carbocycles. The molecule has 0 aliphatic heterocycles. The number of carbonyl (C=O) groups excluding carboxylic acids is 1. The van der Waals surface area contributed by atoms with Gasteiger partial charge in [0.25, 0.3) is 5.91 Å². The number of anilines is 2. The van der Waals surface area contributed by atoms with Crippen molar-refractivity contribution in [3.63, 3.8) is 0 Å². The lowest BCUT2D eigenvalue weighted by Crippen LogP contribution is -2.21. The Hall–Kier alpha value is -2.79. The molecule has 0 spiro atoms. The van der Waals surface area contributed by atoms with Gasteiger partial charge >= 0.3 is 0 Å². The average molecular weight is 309 g/mol. The minimum Gasteiger partial charge on any atom is -0.395 e. The van der Waals surface area contributed by atoms with E-state index < -0.39 is 0 Å². The molecule has 118 valence electrons. The number of aliphatic hydroxyl groups is 1. The Balaban J connectivity index is 1.71. The van der Waals surface area contributed by atoms with E-state index >= 15 is 0 Å². The number of carbonyl (C=O) groups is 1. The second-order valence-electron chi connectivity index (χ2n) is 5.43. The van der Waals surface area contributed by atoms with Gasteiger partial charge in [0.1, 0.15) is 0 Å². The highest BCUT2D eigenvalue weighted by Crippen LogP contribution is 2.19. The van der Waals surface area contributed by atoms with Crippen molar-refractivity contribution in [3.8, 4) is 0 Å². The zero-order valence-electron chi connectivity index (χ0n) is 12.9. The van der Waals surface area contributed by atoms with Crippen LogP contribution in [0.2, 0.25) is 0 Å². The van der Waals surface area contributed by atoms with Crippen molar-refractivity contribution in [1.29, 1.82) is 0 Å². The third-order valence-corrected chi connectivity index (χ3v) is 3.82. The van der Waals surface area contributed by atoms with E-state index in [1.54, 1.807) is 6.07 Å². The highest BCUT2D eigenvalue weighted by molar-refractivity contribution is 6.06. The summed E-state index contributed by atoms with van der Waals surface area (Å²) in [6.45, 7) is 0.680. The van der Waals surface area contributed by atoms with Gasteiger partial charge in [0, 0.05) is 47.6 Å². The molecule has 3 N–H and O–H groups in total. The first-order valence-corrected chi connectivity index (χ1v) is 7.48. The van der Waals surface area contributed by atoms with Crippen molar-refractivity contribution >= 4 is 28.2 Å². The Morgan fingerprint density at radius 2 is 1.96 bits per heavy atom. The molecule has 0 saturated heterocycles. The summed E-state index contributed by atoms with van der Waals surface area (Å²) in [6.07, 6.45) is 1.86. The van der Waals surface area contributed by atoms with Crippen molar-refractivity contribution in [2.45, 2.75) is 0 Å². The fourth-order valence-corrected chi connectivity index (χ4v) is 2.48. The third-order valence-electron chi connectivity index (χ3n) is 3.82. The molecule has 0 unspecified atom stereocenters. The van der Waals surface area contributed by atoms with Crippen LogP contribution >= 0.6 is 0 Å². The van der Waals surface area contributed by atoms with Crippen LogP contribution in [0.25, 0.3) is 10.9 Å². The Kier molecular flexibility index (Phi) is 4.30. The van der Waals surface area contributed by atoms with E-state index in [0.29, 0.717) is 12.1 Å². The number of benzene rings is 2. The number of fused-ring (bicyclic) bond motifs is 1. The number of nitrogens with one attached hydrogen (secondary N) is 2. The number of aromatic nitrogens is 1. The minimum atomic E-state index is -0.135. The van der Waals surface area contributed by atoms with Gasteiger partial charge in [-0.15, -0.1) is 0 Å². The van der Waals surface area contributed by atoms with Crippen LogP contribution in [0, 0.1) is 0 Å². The molecule has 3 aromatic rings. The quantitative estimate of drug-likeness (QED) is 0.679. The summed E-state index contributed by atoms with van der Waals surface area (Å²) < 4.78 is 0. The van der Waals surface area contributed by atoms with Gasteiger partial charge in [0.05, 0.1) is 6.61 Å². The summed E-state index contributed by atoms with van der Waals surface area (Å²) >= 11 is 0. The molecular weight excluding hydrogens is 290 g/mol. The molecular formula is C18H19N3O2. The molecule has 0 aliphatic carbocycles. The van der Waals surface area contributed by atoms with E-state index in [1.807, 2.05) is 60.6 Å². The lowest BCUT2D eigenvalue weighted by Gasteiger charge is -2.18. The van der Waals surface area contributed by atoms with Crippen molar-refractivity contribution in [2.75, 3.05) is 30.4 Å². The van der Waals surface area contributed by atoms with Gasteiger partial charge in [0.15, 0.2) is 0 Å². The van der Waals surface area contributed by atoms with Gasteiger partial charge in [-0.25, -0.2) is 0 Å². The maximum absolute atomic E-state index is 12.3. The number of aromatic amines is 1. The lowest BCUT2D eigenvalue weighted by molar-refractivity contribution is 0.102. The van der Waals surface area contributed by atoms with Crippen LogP contribution in [0.1, 0.15) is 10.4 Å². The summed E-state index contributed by atoms with van der Waals surface area (Å²) in [5, 5.41) is 12.9. The van der Waals surface area contributed by atoms with Crippen molar-refractivity contribution in [3.05, 3.63) is 60.3 Å². The van der Waals surface area contributed by atoms with Crippen molar-refractivity contribution < 1.29 is 9.90 Å². The van der Waals surface area contributed by atoms with Crippen LogP contribution in [0.3, 0.4) is 0 Å². The predicted molar refractivity (Wildman–Crippen MR) is 93.0 cm³/mol. The van der Waals surface area contributed by atoms with Gasteiger partial charge in [-0.2, -0.15) is 0 Å². The van der Waals surface area contributed by atoms with E-state index in [1.165, 1.54) is 0 Å². The molecule has 23 heavy (non-hydrogen) atoms. The van der Waals surface area contributed by atoms with Crippen LogP contribution < -0.4 is 10.2 Å². The predicted octanol–water partition coefficient (Wildman–Crippen LogP) is 2.85. The third kappa shape index (κ3) is 3.35. The first kappa shape index (κ1) is 15.1. The Labute approximate surface area is 134 Å². The minimum absolute atomic E-state index is 0.108. The molecule has 0 radical (unpaired) electrons. The van der Waals surface area contributed by atoms with Crippen molar-refractivity contribution in [1.82, 2.24) is 4.98 Å². The molecule has 0 saturated carbocycles. The van der Waals surface area contributed by atoms with E-state index in [-0.39, 0.29) is 12.5 Å². The fourth-order valence-electron chi connectivity index (χ4n) is 2.48. The van der Waals surface area contributed by atoms with Crippen LogP contribution in [0.5, 0.6) is 0 Å². The Morgan fingerprint density at radius 3 is 2.70 bits per heavy atom.